The van der Waals surface area contributed by atoms with Crippen LogP contribution in [0.2, 0.25) is 0 Å². The van der Waals surface area contributed by atoms with E-state index in [2.05, 4.69) is 15.4 Å². The SMILES string of the molecule is CC(C)NC(=O)C1=CC2C(c3cc(NS(C)=O)ccc3Oc3ccc(F)cc3F)=CN(C)C(=O)C2N1. The van der Waals surface area contributed by atoms with Gasteiger partial charge in [-0.15, -0.1) is 0 Å². The molecule has 0 spiro atoms. The lowest BCUT2D eigenvalue weighted by Crippen LogP contribution is -2.48. The Hall–Kier alpha value is -3.73. The molecule has 0 radical (unpaired) electrons. The summed E-state index contributed by atoms with van der Waals surface area (Å²) in [6.07, 6.45) is 4.78. The van der Waals surface area contributed by atoms with Gasteiger partial charge < -0.3 is 25.0 Å². The van der Waals surface area contributed by atoms with Crippen LogP contribution in [0.3, 0.4) is 0 Å². The van der Waals surface area contributed by atoms with Crippen molar-refractivity contribution in [1.29, 1.82) is 0 Å². The summed E-state index contributed by atoms with van der Waals surface area (Å²) >= 11 is 0. The van der Waals surface area contributed by atoms with Crippen LogP contribution in [0.15, 0.2) is 54.4 Å². The minimum absolute atomic E-state index is 0.0977. The van der Waals surface area contributed by atoms with E-state index in [1.807, 2.05) is 13.8 Å². The number of amides is 2. The highest BCUT2D eigenvalue weighted by molar-refractivity contribution is 7.85. The normalized spacial score (nSPS) is 19.8. The minimum atomic E-state index is -1.37. The molecule has 8 nitrogen and oxygen atoms in total. The molecular weight excluding hydrogens is 490 g/mol. The van der Waals surface area contributed by atoms with Crippen LogP contribution in [0.25, 0.3) is 5.57 Å². The Balaban J connectivity index is 1.80. The maximum atomic E-state index is 14.4. The molecule has 3 atom stereocenters. The minimum Gasteiger partial charge on any atom is -0.454 e. The Bertz CT molecular complexity index is 1310. The number of rotatable bonds is 7. The van der Waals surface area contributed by atoms with Crippen molar-refractivity contribution >= 4 is 34.1 Å². The molecule has 2 aliphatic rings. The molecule has 3 unspecified atom stereocenters. The molecule has 0 fully saturated rings. The smallest absolute Gasteiger partial charge is 0.267 e. The van der Waals surface area contributed by atoms with Crippen LogP contribution < -0.4 is 20.1 Å². The number of carbonyl (C=O) groups excluding carboxylic acids is 2. The molecule has 0 aromatic heterocycles. The van der Waals surface area contributed by atoms with E-state index in [0.29, 0.717) is 16.8 Å². The van der Waals surface area contributed by atoms with Crippen LogP contribution in [0.1, 0.15) is 19.4 Å². The number of hydrogen-bond donors (Lipinski definition) is 3. The summed E-state index contributed by atoms with van der Waals surface area (Å²) in [7, 11) is 0.223. The van der Waals surface area contributed by atoms with Crippen molar-refractivity contribution in [2.24, 2.45) is 5.92 Å². The number of likely N-dealkylation sites (N-methyl/N-ethyl adjacent to an activating group) is 1. The van der Waals surface area contributed by atoms with Crippen molar-refractivity contribution in [2.75, 3.05) is 18.0 Å². The standard InChI is InChI=1S/C25H26F2N4O4S/c1-13(2)28-24(32)20-11-17-18(12-31(3)25(33)23(17)29-20)16-10-15(30-36(4)34)6-8-21(16)35-22-7-5-14(26)9-19(22)27/h5-13,17,23,29-30H,1-4H3,(H,28,32). The fraction of sp³-hybridized carbons (Fsp3) is 0.280. The topological polar surface area (TPSA) is 99.8 Å². The highest BCUT2D eigenvalue weighted by Crippen LogP contribution is 2.42. The number of carbonyl (C=O) groups is 2. The third-order valence-corrected chi connectivity index (χ3v) is 6.18. The Morgan fingerprint density at radius 3 is 2.56 bits per heavy atom. The molecule has 4 rings (SSSR count). The molecular formula is C25H26F2N4O4S. The van der Waals surface area contributed by atoms with E-state index in [1.165, 1.54) is 17.2 Å². The second-order valence-corrected chi connectivity index (χ2v) is 9.95. The lowest BCUT2D eigenvalue weighted by atomic mass is 9.85. The van der Waals surface area contributed by atoms with E-state index in [4.69, 9.17) is 4.74 Å². The highest BCUT2D eigenvalue weighted by atomic mass is 32.2. The van der Waals surface area contributed by atoms with Crippen molar-refractivity contribution in [3.8, 4) is 11.5 Å². The number of nitrogens with zero attached hydrogens (tertiary/aromatic N) is 1. The van der Waals surface area contributed by atoms with E-state index in [-0.39, 0.29) is 35.1 Å². The molecule has 0 saturated carbocycles. The molecule has 2 amide bonds. The third kappa shape index (κ3) is 5.25. The number of hydrogen-bond acceptors (Lipinski definition) is 5. The predicted octanol–water partition coefficient (Wildman–Crippen LogP) is 3.27. The molecule has 11 heteroatoms. The van der Waals surface area contributed by atoms with E-state index in [9.17, 15) is 22.6 Å². The summed E-state index contributed by atoms with van der Waals surface area (Å²) in [6, 6.07) is 7.00. The van der Waals surface area contributed by atoms with Crippen molar-refractivity contribution in [3.05, 3.63) is 71.6 Å². The molecule has 2 aromatic rings. The van der Waals surface area contributed by atoms with Gasteiger partial charge in [0.25, 0.3) is 5.91 Å². The van der Waals surface area contributed by atoms with Gasteiger partial charge in [0.1, 0.15) is 28.6 Å². The number of anilines is 1. The van der Waals surface area contributed by atoms with Gasteiger partial charge in [0.2, 0.25) is 5.91 Å². The van der Waals surface area contributed by atoms with Crippen LogP contribution in [-0.2, 0) is 20.6 Å². The fourth-order valence-electron chi connectivity index (χ4n) is 4.12. The van der Waals surface area contributed by atoms with Crippen molar-refractivity contribution in [2.45, 2.75) is 25.9 Å². The molecule has 0 aliphatic carbocycles. The Morgan fingerprint density at radius 2 is 1.89 bits per heavy atom. The Kier molecular flexibility index (Phi) is 7.11. The maximum absolute atomic E-state index is 14.4. The largest absolute Gasteiger partial charge is 0.454 e. The highest BCUT2D eigenvalue weighted by Gasteiger charge is 2.42. The molecule has 2 aromatic carbocycles. The zero-order valence-corrected chi connectivity index (χ0v) is 20.9. The third-order valence-electron chi connectivity index (χ3n) is 5.65. The van der Waals surface area contributed by atoms with E-state index >= 15 is 0 Å². The van der Waals surface area contributed by atoms with Crippen molar-refractivity contribution in [1.82, 2.24) is 15.5 Å². The van der Waals surface area contributed by atoms with E-state index in [0.717, 1.165) is 12.1 Å². The summed E-state index contributed by atoms with van der Waals surface area (Å²) in [5.74, 6) is -2.68. The average molecular weight is 517 g/mol. The van der Waals surface area contributed by atoms with E-state index < -0.39 is 34.6 Å². The second kappa shape index (κ2) is 10.1. The molecule has 0 saturated heterocycles. The lowest BCUT2D eigenvalue weighted by Gasteiger charge is -2.32. The quantitative estimate of drug-likeness (QED) is 0.525. The first-order valence-electron chi connectivity index (χ1n) is 11.2. The zero-order chi connectivity index (χ0) is 26.1. The van der Waals surface area contributed by atoms with Crippen molar-refractivity contribution < 1.29 is 27.3 Å². The number of fused-ring (bicyclic) bond motifs is 1. The average Bonchev–Trinajstić information content (AvgIpc) is 3.24. The monoisotopic (exact) mass is 516 g/mol. The Labute approximate surface area is 210 Å². The molecule has 190 valence electrons. The number of halogens is 2. The molecule has 3 N–H and O–H groups in total. The molecule has 2 heterocycles. The fourth-order valence-corrected chi connectivity index (χ4v) is 4.58. The van der Waals surface area contributed by atoms with Gasteiger partial charge in [0, 0.05) is 48.8 Å². The molecule has 36 heavy (non-hydrogen) atoms. The first-order chi connectivity index (χ1) is 17.0. The second-order valence-electron chi connectivity index (χ2n) is 8.83. The van der Waals surface area contributed by atoms with Crippen LogP contribution in [-0.4, -0.2) is 46.3 Å². The first-order valence-corrected chi connectivity index (χ1v) is 12.7. The number of nitrogens with one attached hydrogen (secondary N) is 3. The van der Waals surface area contributed by atoms with Crippen molar-refractivity contribution in [3.63, 3.8) is 0 Å². The van der Waals surface area contributed by atoms with Crippen LogP contribution in [0, 0.1) is 17.6 Å². The van der Waals surface area contributed by atoms with Gasteiger partial charge in [-0.05, 0) is 55.8 Å². The van der Waals surface area contributed by atoms with Gasteiger partial charge in [-0.2, -0.15) is 0 Å². The van der Waals surface area contributed by atoms with Gasteiger partial charge in [-0.1, -0.05) is 0 Å². The summed E-state index contributed by atoms with van der Waals surface area (Å²) in [4.78, 5) is 27.0. The van der Waals surface area contributed by atoms with Crippen LogP contribution in [0.4, 0.5) is 14.5 Å². The lowest BCUT2D eigenvalue weighted by molar-refractivity contribution is -0.130. The Morgan fingerprint density at radius 1 is 1.17 bits per heavy atom. The predicted molar refractivity (Wildman–Crippen MR) is 133 cm³/mol. The van der Waals surface area contributed by atoms with Gasteiger partial charge in [-0.3, -0.25) is 9.59 Å². The van der Waals surface area contributed by atoms with Gasteiger partial charge in [0.05, 0.1) is 5.70 Å². The number of ether oxygens (including phenoxy) is 1. The molecule has 0 bridgehead atoms. The van der Waals surface area contributed by atoms with Crippen LogP contribution >= 0.6 is 0 Å². The van der Waals surface area contributed by atoms with Crippen LogP contribution in [0.5, 0.6) is 11.5 Å². The summed E-state index contributed by atoms with van der Waals surface area (Å²) in [5.41, 5.74) is 1.86. The molecule has 2 aliphatic heterocycles. The number of benzene rings is 2. The van der Waals surface area contributed by atoms with Gasteiger partial charge in [-0.25, -0.2) is 13.0 Å². The van der Waals surface area contributed by atoms with Gasteiger partial charge in [0.15, 0.2) is 11.6 Å². The summed E-state index contributed by atoms with van der Waals surface area (Å²) < 4.78 is 48.2. The summed E-state index contributed by atoms with van der Waals surface area (Å²) in [6.45, 7) is 3.66. The zero-order valence-electron chi connectivity index (χ0n) is 20.1. The first kappa shape index (κ1) is 25.4. The maximum Gasteiger partial charge on any atom is 0.267 e. The summed E-state index contributed by atoms with van der Waals surface area (Å²) in [5, 5.41) is 5.83. The van der Waals surface area contributed by atoms with Gasteiger partial charge >= 0.3 is 0 Å². The van der Waals surface area contributed by atoms with E-state index in [1.54, 1.807) is 37.5 Å².